The summed E-state index contributed by atoms with van der Waals surface area (Å²) in [7, 11) is -3.01. The van der Waals surface area contributed by atoms with E-state index in [1.165, 1.54) is 19.2 Å². The lowest BCUT2D eigenvalue weighted by atomic mass is 10.2. The largest absolute Gasteiger partial charge is 0.475 e. The van der Waals surface area contributed by atoms with E-state index in [9.17, 15) is 22.0 Å². The molecule has 3 heterocycles. The van der Waals surface area contributed by atoms with Crippen molar-refractivity contribution in [1.82, 2.24) is 14.3 Å². The van der Waals surface area contributed by atoms with Crippen LogP contribution in [0.25, 0.3) is 11.3 Å². The maximum absolute atomic E-state index is 14.9. The quantitative estimate of drug-likeness (QED) is 0.612. The Balaban J connectivity index is 2.26. The molecular weight excluding hydrogens is 384 g/mol. The van der Waals surface area contributed by atoms with Crippen molar-refractivity contribution in [2.45, 2.75) is 11.6 Å². The van der Waals surface area contributed by atoms with Crippen LogP contribution in [0.1, 0.15) is 16.1 Å². The number of nitrogens with one attached hydrogen (secondary N) is 1. The molecule has 2 N–H and O–H groups in total. The van der Waals surface area contributed by atoms with Gasteiger partial charge in [-0.25, -0.2) is 18.1 Å². The number of pyridine rings is 1. The second-order valence-corrected chi connectivity index (χ2v) is 7.16. The van der Waals surface area contributed by atoms with Crippen molar-refractivity contribution in [3.05, 3.63) is 59.7 Å². The number of rotatable bonds is 6. The highest BCUT2D eigenvalue weighted by Crippen LogP contribution is 2.32. The molecular formula is C16H13F2N3O5S. The van der Waals surface area contributed by atoms with Crippen molar-refractivity contribution in [1.29, 1.82) is 0 Å². The summed E-state index contributed by atoms with van der Waals surface area (Å²) in [6, 6.07) is 4.39. The number of hydrogen-bond donors (Lipinski definition) is 2. The van der Waals surface area contributed by atoms with Gasteiger partial charge in [0.1, 0.15) is 5.69 Å². The molecule has 0 aromatic carbocycles. The molecule has 0 saturated heterocycles. The smallest absolute Gasteiger partial charge is 0.371 e. The summed E-state index contributed by atoms with van der Waals surface area (Å²) in [6.07, 6.45) is 2.12. The van der Waals surface area contributed by atoms with Crippen molar-refractivity contribution in [2.75, 3.05) is 7.05 Å². The number of nitrogens with zero attached hydrogens (tertiary/aromatic N) is 2. The Bertz CT molecular complexity index is 1120. The summed E-state index contributed by atoms with van der Waals surface area (Å²) >= 11 is 0. The second kappa shape index (κ2) is 6.93. The number of carboxylic acids is 1. The van der Waals surface area contributed by atoms with E-state index in [0.29, 0.717) is 3.97 Å². The van der Waals surface area contributed by atoms with Crippen LogP contribution in [-0.2, 0) is 16.6 Å². The first-order valence-electron chi connectivity index (χ1n) is 7.51. The van der Waals surface area contributed by atoms with Crippen molar-refractivity contribution >= 4 is 16.0 Å². The molecule has 0 spiro atoms. The zero-order chi connectivity index (χ0) is 19.8. The Morgan fingerprint density at radius 2 is 2.07 bits per heavy atom. The van der Waals surface area contributed by atoms with Crippen LogP contribution in [0.5, 0.6) is 0 Å². The lowest BCUT2D eigenvalue weighted by Gasteiger charge is -2.09. The average molecular weight is 397 g/mol. The van der Waals surface area contributed by atoms with E-state index in [1.54, 1.807) is 0 Å². The van der Waals surface area contributed by atoms with E-state index in [2.05, 4.69) is 10.3 Å². The monoisotopic (exact) mass is 397 g/mol. The Morgan fingerprint density at radius 3 is 2.67 bits per heavy atom. The molecule has 142 valence electrons. The summed E-state index contributed by atoms with van der Waals surface area (Å²) in [4.78, 5) is 14.3. The number of carboxylic acid groups (broad SMARTS) is 1. The van der Waals surface area contributed by atoms with Crippen LogP contribution in [0.15, 0.2) is 46.2 Å². The highest BCUT2D eigenvalue weighted by Gasteiger charge is 2.30. The number of aromatic nitrogens is 2. The number of halogens is 2. The third-order valence-corrected chi connectivity index (χ3v) is 5.20. The van der Waals surface area contributed by atoms with Crippen LogP contribution in [-0.4, -0.2) is 35.5 Å². The molecule has 3 aromatic heterocycles. The highest BCUT2D eigenvalue weighted by atomic mass is 32.2. The van der Waals surface area contributed by atoms with Gasteiger partial charge in [-0.05, 0) is 31.3 Å². The van der Waals surface area contributed by atoms with Crippen LogP contribution < -0.4 is 5.32 Å². The third kappa shape index (κ3) is 3.22. The molecule has 0 aliphatic rings. The van der Waals surface area contributed by atoms with Gasteiger partial charge < -0.3 is 14.8 Å². The normalized spacial score (nSPS) is 11.7. The van der Waals surface area contributed by atoms with Crippen molar-refractivity contribution in [3.8, 4) is 11.3 Å². The van der Waals surface area contributed by atoms with E-state index in [1.807, 2.05) is 0 Å². The molecule has 0 aliphatic carbocycles. The van der Waals surface area contributed by atoms with Gasteiger partial charge in [0.2, 0.25) is 16.8 Å². The fourth-order valence-electron chi connectivity index (χ4n) is 2.49. The molecule has 0 radical (unpaired) electrons. The molecule has 3 rings (SSSR count). The van der Waals surface area contributed by atoms with Gasteiger partial charge in [0.15, 0.2) is 5.82 Å². The topological polar surface area (TPSA) is 114 Å². The first-order valence-corrected chi connectivity index (χ1v) is 8.95. The SMILES string of the molecule is CNCc1cn(S(=O)(=O)c2ccc(C(=O)O)o2)c(-c2cccnc2F)c1F. The number of furan rings is 1. The fraction of sp³-hybridized carbons (Fsp3) is 0.125. The van der Waals surface area contributed by atoms with Gasteiger partial charge >= 0.3 is 16.0 Å². The number of aromatic carboxylic acids is 1. The standard InChI is InChI=1S/C16H13F2N3O5S/c1-19-7-9-8-21(14(13(9)17)10-3-2-6-20-15(10)18)27(24,25)12-5-4-11(26-12)16(22)23/h2-6,8,19H,7H2,1H3,(H,22,23). The molecule has 8 nitrogen and oxygen atoms in total. The van der Waals surface area contributed by atoms with E-state index >= 15 is 0 Å². The van der Waals surface area contributed by atoms with E-state index in [4.69, 9.17) is 9.52 Å². The zero-order valence-corrected chi connectivity index (χ0v) is 14.6. The average Bonchev–Trinajstić information content (AvgIpc) is 3.23. The van der Waals surface area contributed by atoms with Gasteiger partial charge in [-0.15, -0.1) is 0 Å². The molecule has 0 unspecified atom stereocenters. The molecule has 11 heteroatoms. The van der Waals surface area contributed by atoms with Gasteiger partial charge in [-0.3, -0.25) is 0 Å². The molecule has 3 aromatic rings. The summed E-state index contributed by atoms with van der Waals surface area (Å²) in [5.74, 6) is -4.09. The van der Waals surface area contributed by atoms with E-state index in [0.717, 1.165) is 24.5 Å². The highest BCUT2D eigenvalue weighted by molar-refractivity contribution is 7.89. The predicted molar refractivity (Wildman–Crippen MR) is 88.6 cm³/mol. The van der Waals surface area contributed by atoms with Gasteiger partial charge in [-0.1, -0.05) is 0 Å². The Morgan fingerprint density at radius 1 is 1.33 bits per heavy atom. The first kappa shape index (κ1) is 18.7. The van der Waals surface area contributed by atoms with Gasteiger partial charge in [0, 0.05) is 24.5 Å². The Labute approximate surface area is 152 Å². The second-order valence-electron chi connectivity index (χ2n) is 5.41. The van der Waals surface area contributed by atoms with Crippen molar-refractivity contribution in [2.24, 2.45) is 0 Å². The first-order chi connectivity index (χ1) is 12.8. The maximum atomic E-state index is 14.9. The van der Waals surface area contributed by atoms with Gasteiger partial charge in [0.05, 0.1) is 5.56 Å². The number of hydrogen-bond acceptors (Lipinski definition) is 6. The van der Waals surface area contributed by atoms with Gasteiger partial charge in [-0.2, -0.15) is 12.8 Å². The Hall–Kier alpha value is -3.05. The minimum absolute atomic E-state index is 0.0260. The lowest BCUT2D eigenvalue weighted by Crippen LogP contribution is -2.13. The van der Waals surface area contributed by atoms with Crippen LogP contribution in [0.3, 0.4) is 0 Å². The van der Waals surface area contributed by atoms with Gasteiger partial charge in [0.25, 0.3) is 0 Å². The predicted octanol–water partition coefficient (Wildman–Crippen LogP) is 2.08. The summed E-state index contributed by atoms with van der Waals surface area (Å²) in [5, 5.41) is 10.9. The van der Waals surface area contributed by atoms with Crippen LogP contribution >= 0.6 is 0 Å². The lowest BCUT2D eigenvalue weighted by molar-refractivity contribution is 0.0656. The molecule has 0 atom stereocenters. The Kier molecular flexibility index (Phi) is 4.81. The molecule has 0 amide bonds. The fourth-order valence-corrected chi connectivity index (χ4v) is 3.80. The minimum atomic E-state index is -4.54. The molecule has 27 heavy (non-hydrogen) atoms. The molecule has 0 fully saturated rings. The zero-order valence-electron chi connectivity index (χ0n) is 13.8. The van der Waals surface area contributed by atoms with Crippen LogP contribution in [0, 0.1) is 11.8 Å². The maximum Gasteiger partial charge on any atom is 0.371 e. The summed E-state index contributed by atoms with van der Waals surface area (Å²) in [5.41, 5.74) is -0.977. The van der Waals surface area contributed by atoms with Crippen molar-refractivity contribution < 1.29 is 31.5 Å². The van der Waals surface area contributed by atoms with Crippen LogP contribution in [0.2, 0.25) is 0 Å². The minimum Gasteiger partial charge on any atom is -0.475 e. The third-order valence-electron chi connectivity index (χ3n) is 3.67. The summed E-state index contributed by atoms with van der Waals surface area (Å²) < 4.78 is 60.1. The molecule has 0 bridgehead atoms. The molecule has 0 aliphatic heterocycles. The summed E-state index contributed by atoms with van der Waals surface area (Å²) in [6.45, 7) is -0.0260. The molecule has 0 saturated carbocycles. The number of carbonyl (C=O) groups is 1. The van der Waals surface area contributed by atoms with E-state index in [-0.39, 0.29) is 17.7 Å². The van der Waals surface area contributed by atoms with Crippen LogP contribution in [0.4, 0.5) is 8.78 Å². The van der Waals surface area contributed by atoms with Crippen molar-refractivity contribution in [3.63, 3.8) is 0 Å². The van der Waals surface area contributed by atoms with E-state index < -0.39 is 44.3 Å².